The lowest BCUT2D eigenvalue weighted by molar-refractivity contribution is 0.628. The minimum absolute atomic E-state index is 0.439. The number of benzene rings is 1. The number of hydrogen-bond acceptors (Lipinski definition) is 4. The molecule has 0 radical (unpaired) electrons. The molecule has 1 aromatic carbocycles. The molecule has 16 heavy (non-hydrogen) atoms. The molecule has 0 atom stereocenters. The summed E-state index contributed by atoms with van der Waals surface area (Å²) in [7, 11) is 0. The Kier molecular flexibility index (Phi) is 3.14. The van der Waals surface area contributed by atoms with Gasteiger partial charge in [0.2, 0.25) is 5.95 Å². The van der Waals surface area contributed by atoms with Crippen molar-refractivity contribution in [1.29, 1.82) is 5.26 Å². The highest BCUT2D eigenvalue weighted by Gasteiger charge is 2.00. The zero-order valence-electron chi connectivity index (χ0n) is 8.67. The highest BCUT2D eigenvalue weighted by molar-refractivity contribution is 5.51. The Morgan fingerprint density at radius 3 is 2.88 bits per heavy atom. The zero-order chi connectivity index (χ0) is 11.2. The first-order chi connectivity index (χ1) is 7.88. The maximum Gasteiger partial charge on any atom is 0.246 e. The number of nitrogens with zero attached hydrogens (tertiary/aromatic N) is 4. The molecule has 1 heterocycles. The van der Waals surface area contributed by atoms with Crippen LogP contribution in [0.1, 0.15) is 6.42 Å². The number of rotatable bonds is 4. The molecule has 1 N–H and O–H groups in total. The summed E-state index contributed by atoms with van der Waals surface area (Å²) in [5.74, 6) is 0.545. The highest BCUT2D eigenvalue weighted by atomic mass is 15.4. The molecule has 0 saturated heterocycles. The lowest BCUT2D eigenvalue weighted by atomic mass is 10.3. The van der Waals surface area contributed by atoms with Gasteiger partial charge in [-0.1, -0.05) is 18.2 Å². The molecular weight excluding hydrogens is 202 g/mol. The van der Waals surface area contributed by atoms with E-state index in [1.807, 2.05) is 30.3 Å². The maximum absolute atomic E-state index is 8.44. The van der Waals surface area contributed by atoms with Gasteiger partial charge in [0.1, 0.15) is 6.33 Å². The molecule has 5 heteroatoms. The van der Waals surface area contributed by atoms with Crippen molar-refractivity contribution in [3.63, 3.8) is 0 Å². The summed E-state index contributed by atoms with van der Waals surface area (Å²) in [4.78, 5) is 4.10. The van der Waals surface area contributed by atoms with Gasteiger partial charge in [-0.15, -0.1) is 5.10 Å². The first-order valence-electron chi connectivity index (χ1n) is 4.97. The largest absolute Gasteiger partial charge is 0.323 e. The van der Waals surface area contributed by atoms with E-state index in [9.17, 15) is 0 Å². The van der Waals surface area contributed by atoms with Crippen LogP contribution in [0.15, 0.2) is 36.7 Å². The second-order valence-corrected chi connectivity index (χ2v) is 3.23. The molecule has 2 aromatic rings. The van der Waals surface area contributed by atoms with Crippen LogP contribution >= 0.6 is 0 Å². The van der Waals surface area contributed by atoms with E-state index in [0.717, 1.165) is 5.69 Å². The van der Waals surface area contributed by atoms with Crippen molar-refractivity contribution in [2.75, 3.05) is 5.32 Å². The van der Waals surface area contributed by atoms with Crippen LogP contribution in [-0.2, 0) is 6.54 Å². The number of hydrogen-bond donors (Lipinski definition) is 1. The van der Waals surface area contributed by atoms with Crippen LogP contribution < -0.4 is 5.32 Å². The molecule has 0 fully saturated rings. The minimum atomic E-state index is 0.439. The summed E-state index contributed by atoms with van der Waals surface area (Å²) in [5, 5.41) is 15.7. The molecule has 0 bridgehead atoms. The maximum atomic E-state index is 8.44. The Labute approximate surface area is 93.4 Å². The van der Waals surface area contributed by atoms with Gasteiger partial charge < -0.3 is 5.32 Å². The average Bonchev–Trinajstić information content (AvgIpc) is 2.75. The topological polar surface area (TPSA) is 66.5 Å². The van der Waals surface area contributed by atoms with Crippen LogP contribution in [0.5, 0.6) is 0 Å². The second-order valence-electron chi connectivity index (χ2n) is 3.23. The highest BCUT2D eigenvalue weighted by Crippen LogP contribution is 2.10. The first-order valence-corrected chi connectivity index (χ1v) is 4.97. The van der Waals surface area contributed by atoms with E-state index in [2.05, 4.69) is 21.5 Å². The zero-order valence-corrected chi connectivity index (χ0v) is 8.67. The van der Waals surface area contributed by atoms with Crippen molar-refractivity contribution >= 4 is 11.6 Å². The van der Waals surface area contributed by atoms with Gasteiger partial charge in [0.05, 0.1) is 19.0 Å². The lowest BCUT2D eigenvalue weighted by Gasteiger charge is -1.99. The van der Waals surface area contributed by atoms with E-state index in [-0.39, 0.29) is 0 Å². The smallest absolute Gasteiger partial charge is 0.246 e. The fourth-order valence-electron chi connectivity index (χ4n) is 1.27. The number of aryl methyl sites for hydroxylation is 1. The second kappa shape index (κ2) is 4.94. The lowest BCUT2D eigenvalue weighted by Crippen LogP contribution is -1.99. The fourth-order valence-corrected chi connectivity index (χ4v) is 1.27. The molecule has 5 nitrogen and oxygen atoms in total. The minimum Gasteiger partial charge on any atom is -0.323 e. The van der Waals surface area contributed by atoms with Crippen LogP contribution in [0, 0.1) is 11.3 Å². The van der Waals surface area contributed by atoms with Crippen molar-refractivity contribution in [2.45, 2.75) is 13.0 Å². The van der Waals surface area contributed by atoms with Crippen LogP contribution in [0.4, 0.5) is 11.6 Å². The molecule has 0 aliphatic carbocycles. The summed E-state index contributed by atoms with van der Waals surface area (Å²) < 4.78 is 1.65. The van der Waals surface area contributed by atoms with Gasteiger partial charge in [-0.3, -0.25) is 0 Å². The number of nitriles is 1. The summed E-state index contributed by atoms with van der Waals surface area (Å²) in [5.41, 5.74) is 0.945. The van der Waals surface area contributed by atoms with Gasteiger partial charge in [-0.05, 0) is 12.1 Å². The molecule has 0 saturated carbocycles. The molecule has 2 rings (SSSR count). The predicted octanol–water partition coefficient (Wildman–Crippen LogP) is 1.94. The molecular formula is C11H11N5. The van der Waals surface area contributed by atoms with Crippen LogP contribution in [-0.4, -0.2) is 14.8 Å². The summed E-state index contributed by atoms with van der Waals surface area (Å²) in [6.45, 7) is 0.569. The summed E-state index contributed by atoms with van der Waals surface area (Å²) >= 11 is 0. The predicted molar refractivity (Wildman–Crippen MR) is 60.0 cm³/mol. The van der Waals surface area contributed by atoms with Gasteiger partial charge in [0, 0.05) is 5.69 Å². The SMILES string of the molecule is N#CCCn1cnc(Nc2ccccc2)n1. The van der Waals surface area contributed by atoms with Crippen molar-refractivity contribution in [3.05, 3.63) is 36.7 Å². The van der Waals surface area contributed by atoms with E-state index < -0.39 is 0 Å². The van der Waals surface area contributed by atoms with E-state index in [0.29, 0.717) is 18.9 Å². The third-order valence-corrected chi connectivity index (χ3v) is 2.02. The van der Waals surface area contributed by atoms with Crippen molar-refractivity contribution in [1.82, 2.24) is 14.8 Å². The van der Waals surface area contributed by atoms with Gasteiger partial charge in [-0.2, -0.15) is 5.26 Å². The van der Waals surface area contributed by atoms with Gasteiger partial charge in [0.15, 0.2) is 0 Å². The Hall–Kier alpha value is -2.35. The fraction of sp³-hybridized carbons (Fsp3) is 0.182. The van der Waals surface area contributed by atoms with Crippen molar-refractivity contribution < 1.29 is 0 Å². The molecule has 0 amide bonds. The van der Waals surface area contributed by atoms with Crippen LogP contribution in [0.25, 0.3) is 0 Å². The Bertz CT molecular complexity index is 483. The normalized spacial score (nSPS) is 9.69. The first kappa shape index (κ1) is 10.2. The standard InChI is InChI=1S/C11H11N5/c12-7-4-8-16-9-13-11(15-16)14-10-5-2-1-3-6-10/h1-3,5-6,9H,4,8H2,(H,14,15). The Morgan fingerprint density at radius 2 is 2.12 bits per heavy atom. The number of anilines is 2. The summed E-state index contributed by atoms with van der Waals surface area (Å²) in [6, 6.07) is 11.8. The van der Waals surface area contributed by atoms with Crippen LogP contribution in [0.2, 0.25) is 0 Å². The van der Waals surface area contributed by atoms with E-state index in [4.69, 9.17) is 5.26 Å². The molecule has 80 valence electrons. The number of para-hydroxylation sites is 1. The van der Waals surface area contributed by atoms with Gasteiger partial charge in [0.25, 0.3) is 0 Å². The quantitative estimate of drug-likeness (QED) is 0.842. The van der Waals surface area contributed by atoms with Gasteiger partial charge >= 0.3 is 0 Å². The van der Waals surface area contributed by atoms with Crippen LogP contribution in [0.3, 0.4) is 0 Å². The van der Waals surface area contributed by atoms with Gasteiger partial charge in [-0.25, -0.2) is 9.67 Å². The molecule has 1 aromatic heterocycles. The van der Waals surface area contributed by atoms with E-state index in [1.54, 1.807) is 11.0 Å². The molecule has 0 spiro atoms. The molecule has 0 unspecified atom stereocenters. The third-order valence-electron chi connectivity index (χ3n) is 2.02. The number of aromatic nitrogens is 3. The summed E-state index contributed by atoms with van der Waals surface area (Å²) in [6.07, 6.45) is 2.05. The Morgan fingerprint density at radius 1 is 1.31 bits per heavy atom. The van der Waals surface area contributed by atoms with E-state index in [1.165, 1.54) is 0 Å². The molecule has 0 aliphatic heterocycles. The molecule has 0 aliphatic rings. The third kappa shape index (κ3) is 2.58. The Balaban J connectivity index is 2.01. The average molecular weight is 213 g/mol. The van der Waals surface area contributed by atoms with Crippen molar-refractivity contribution in [2.24, 2.45) is 0 Å². The monoisotopic (exact) mass is 213 g/mol. The number of nitrogens with one attached hydrogen (secondary N) is 1. The van der Waals surface area contributed by atoms with Crippen molar-refractivity contribution in [3.8, 4) is 6.07 Å². The van der Waals surface area contributed by atoms with E-state index >= 15 is 0 Å².